The quantitative estimate of drug-likeness (QED) is 0.614. The number of hydrogen-bond donors (Lipinski definition) is 2. The van der Waals surface area contributed by atoms with Gasteiger partial charge in [0, 0.05) is 4.47 Å². The van der Waals surface area contributed by atoms with Gasteiger partial charge in [0.05, 0.1) is 4.47 Å². The third kappa shape index (κ3) is 6.34. The lowest BCUT2D eigenvalue weighted by molar-refractivity contribution is -0.131. The van der Waals surface area contributed by atoms with Crippen LogP contribution in [0.25, 0.3) is 0 Å². The van der Waals surface area contributed by atoms with E-state index in [2.05, 4.69) is 42.7 Å². The van der Waals surface area contributed by atoms with Crippen LogP contribution in [-0.4, -0.2) is 25.0 Å². The Bertz CT molecular complexity index is 744. The molecule has 0 fully saturated rings. The van der Waals surface area contributed by atoms with Crippen molar-refractivity contribution in [3.05, 3.63) is 56.5 Å². The number of hydrazine groups is 1. The van der Waals surface area contributed by atoms with Gasteiger partial charge in [-0.2, -0.15) is 0 Å². The molecule has 0 radical (unpaired) electrons. The Kier molecular flexibility index (Phi) is 7.47. The average Bonchev–Trinajstić information content (AvgIpc) is 2.58. The fraction of sp³-hybridized carbons (Fsp3) is 0.222. The van der Waals surface area contributed by atoms with Crippen LogP contribution < -0.4 is 20.3 Å². The Morgan fingerprint density at radius 2 is 1.46 bits per heavy atom. The number of nitrogens with one attached hydrogen (secondary N) is 2. The lowest BCUT2D eigenvalue weighted by Crippen LogP contribution is -2.45. The summed E-state index contributed by atoms with van der Waals surface area (Å²) in [6.07, 6.45) is 0. The number of halogens is 2. The normalized spacial score (nSPS) is 10.2. The Hall–Kier alpha value is -2.06. The summed E-state index contributed by atoms with van der Waals surface area (Å²) in [5.41, 5.74) is 6.61. The monoisotopic (exact) mass is 484 g/mol. The number of aryl methyl sites for hydroxylation is 2. The molecule has 0 heterocycles. The van der Waals surface area contributed by atoms with Crippen molar-refractivity contribution in [2.24, 2.45) is 0 Å². The molecule has 0 atom stereocenters. The number of carbonyl (C=O) groups excluding carboxylic acids is 2. The summed E-state index contributed by atoms with van der Waals surface area (Å²) in [6, 6.07) is 11.0. The van der Waals surface area contributed by atoms with Gasteiger partial charge in [-0.05, 0) is 59.6 Å². The first-order valence-corrected chi connectivity index (χ1v) is 9.29. The zero-order chi connectivity index (χ0) is 19.1. The van der Waals surface area contributed by atoms with Crippen LogP contribution >= 0.6 is 31.9 Å². The third-order valence-corrected chi connectivity index (χ3v) is 4.40. The van der Waals surface area contributed by atoms with Crippen LogP contribution in [0.5, 0.6) is 11.5 Å². The molecule has 8 heteroatoms. The Morgan fingerprint density at radius 1 is 0.885 bits per heavy atom. The van der Waals surface area contributed by atoms with Crippen LogP contribution in [0.2, 0.25) is 0 Å². The molecule has 0 aliphatic heterocycles. The van der Waals surface area contributed by atoms with Crippen LogP contribution in [0, 0.1) is 13.8 Å². The summed E-state index contributed by atoms with van der Waals surface area (Å²) < 4.78 is 12.4. The molecule has 26 heavy (non-hydrogen) atoms. The topological polar surface area (TPSA) is 76.7 Å². The highest BCUT2D eigenvalue weighted by Gasteiger charge is 2.09. The van der Waals surface area contributed by atoms with Crippen molar-refractivity contribution in [1.82, 2.24) is 10.9 Å². The molecule has 0 saturated heterocycles. The molecule has 2 N–H and O–H groups in total. The van der Waals surface area contributed by atoms with Crippen molar-refractivity contribution in [1.29, 1.82) is 0 Å². The van der Waals surface area contributed by atoms with Crippen molar-refractivity contribution in [2.45, 2.75) is 13.8 Å². The van der Waals surface area contributed by atoms with Crippen molar-refractivity contribution in [3.63, 3.8) is 0 Å². The molecule has 2 amide bonds. The molecule has 138 valence electrons. The highest BCUT2D eigenvalue weighted by molar-refractivity contribution is 9.11. The first-order chi connectivity index (χ1) is 12.3. The van der Waals surface area contributed by atoms with Gasteiger partial charge in [-0.25, -0.2) is 0 Å². The first-order valence-electron chi connectivity index (χ1n) is 7.70. The predicted molar refractivity (Wildman–Crippen MR) is 105 cm³/mol. The number of hydrogen-bond acceptors (Lipinski definition) is 4. The van der Waals surface area contributed by atoms with E-state index in [1.807, 2.05) is 26.0 Å². The smallest absolute Gasteiger partial charge is 0.276 e. The highest BCUT2D eigenvalue weighted by Crippen LogP contribution is 2.28. The van der Waals surface area contributed by atoms with E-state index in [4.69, 9.17) is 9.47 Å². The summed E-state index contributed by atoms with van der Waals surface area (Å²) in [7, 11) is 0. The fourth-order valence-corrected chi connectivity index (χ4v) is 3.21. The van der Waals surface area contributed by atoms with E-state index < -0.39 is 11.8 Å². The van der Waals surface area contributed by atoms with E-state index in [1.165, 1.54) is 0 Å². The molecule has 0 spiro atoms. The first kappa shape index (κ1) is 20.3. The summed E-state index contributed by atoms with van der Waals surface area (Å²) in [5.74, 6) is 0.191. The second-order valence-corrected chi connectivity index (χ2v) is 7.29. The molecular formula is C18H18Br2N2O4. The van der Waals surface area contributed by atoms with Gasteiger partial charge in [-0.3, -0.25) is 20.4 Å². The lowest BCUT2D eigenvalue weighted by Gasteiger charge is -2.11. The van der Waals surface area contributed by atoms with E-state index in [1.54, 1.807) is 24.3 Å². The van der Waals surface area contributed by atoms with Gasteiger partial charge in [0.25, 0.3) is 11.8 Å². The van der Waals surface area contributed by atoms with E-state index in [9.17, 15) is 9.59 Å². The molecule has 6 nitrogen and oxygen atoms in total. The van der Waals surface area contributed by atoms with Crippen LogP contribution in [0.1, 0.15) is 11.1 Å². The number of amides is 2. The van der Waals surface area contributed by atoms with Gasteiger partial charge < -0.3 is 9.47 Å². The van der Waals surface area contributed by atoms with E-state index in [0.29, 0.717) is 16.0 Å². The fourth-order valence-electron chi connectivity index (χ4n) is 2.05. The molecule has 0 unspecified atom stereocenters. The van der Waals surface area contributed by atoms with Crippen molar-refractivity contribution >= 4 is 43.7 Å². The number of rotatable bonds is 6. The maximum absolute atomic E-state index is 11.8. The van der Waals surface area contributed by atoms with Gasteiger partial charge in [0.15, 0.2) is 13.2 Å². The van der Waals surface area contributed by atoms with Gasteiger partial charge in [0.1, 0.15) is 11.5 Å². The molecule has 2 rings (SSSR count). The Morgan fingerprint density at radius 3 is 2.04 bits per heavy atom. The average molecular weight is 486 g/mol. The molecule has 0 bridgehead atoms. The zero-order valence-electron chi connectivity index (χ0n) is 14.3. The minimum Gasteiger partial charge on any atom is -0.483 e. The molecular weight excluding hydrogens is 468 g/mol. The minimum absolute atomic E-state index is 0.205. The zero-order valence-corrected chi connectivity index (χ0v) is 17.4. The SMILES string of the molecule is Cc1ccc(OCC(=O)NNC(=O)COc2ccc(Br)cc2Br)c(C)c1. The van der Waals surface area contributed by atoms with Crippen LogP contribution in [-0.2, 0) is 9.59 Å². The molecule has 2 aromatic carbocycles. The summed E-state index contributed by atoms with van der Waals surface area (Å²) >= 11 is 6.67. The van der Waals surface area contributed by atoms with Crippen molar-refractivity contribution < 1.29 is 19.1 Å². The Balaban J connectivity index is 1.72. The van der Waals surface area contributed by atoms with Crippen LogP contribution in [0.15, 0.2) is 45.3 Å². The van der Waals surface area contributed by atoms with E-state index in [-0.39, 0.29) is 13.2 Å². The molecule has 0 aliphatic carbocycles. The second kappa shape index (κ2) is 9.59. The van der Waals surface area contributed by atoms with Gasteiger partial charge >= 0.3 is 0 Å². The second-order valence-electron chi connectivity index (χ2n) is 5.52. The largest absolute Gasteiger partial charge is 0.483 e. The van der Waals surface area contributed by atoms with Crippen molar-refractivity contribution in [2.75, 3.05) is 13.2 Å². The summed E-state index contributed by atoms with van der Waals surface area (Å²) in [4.78, 5) is 23.5. The van der Waals surface area contributed by atoms with Gasteiger partial charge in [-0.1, -0.05) is 33.6 Å². The predicted octanol–water partition coefficient (Wildman–Crippen LogP) is 3.43. The van der Waals surface area contributed by atoms with Crippen molar-refractivity contribution in [3.8, 4) is 11.5 Å². The van der Waals surface area contributed by atoms with Gasteiger partial charge in [-0.15, -0.1) is 0 Å². The maximum Gasteiger partial charge on any atom is 0.276 e. The number of ether oxygens (including phenoxy) is 2. The third-order valence-electron chi connectivity index (χ3n) is 3.28. The van der Waals surface area contributed by atoms with Crippen LogP contribution in [0.4, 0.5) is 0 Å². The minimum atomic E-state index is -0.486. The lowest BCUT2D eigenvalue weighted by atomic mass is 10.1. The van der Waals surface area contributed by atoms with E-state index in [0.717, 1.165) is 15.6 Å². The molecule has 0 aliphatic rings. The molecule has 0 saturated carbocycles. The molecule has 2 aromatic rings. The van der Waals surface area contributed by atoms with Crippen LogP contribution in [0.3, 0.4) is 0 Å². The summed E-state index contributed by atoms with van der Waals surface area (Å²) in [6.45, 7) is 3.44. The highest BCUT2D eigenvalue weighted by atomic mass is 79.9. The molecule has 0 aromatic heterocycles. The van der Waals surface area contributed by atoms with E-state index >= 15 is 0 Å². The number of carbonyl (C=O) groups is 2. The standard InChI is InChI=1S/C18H18Br2N2O4/c1-11-3-5-15(12(2)7-11)25-9-17(23)21-22-18(24)10-26-16-6-4-13(19)8-14(16)20/h3-8H,9-10H2,1-2H3,(H,21,23)(H,22,24). The summed E-state index contributed by atoms with van der Waals surface area (Å²) in [5, 5.41) is 0. The maximum atomic E-state index is 11.8. The Labute approximate surface area is 168 Å². The van der Waals surface area contributed by atoms with Gasteiger partial charge in [0.2, 0.25) is 0 Å². The number of benzene rings is 2.